The molecule has 0 N–H and O–H groups in total. The van der Waals surface area contributed by atoms with Gasteiger partial charge in [-0.2, -0.15) is 0 Å². The number of nitrogens with zero attached hydrogens (tertiary/aromatic N) is 1. The van der Waals surface area contributed by atoms with E-state index in [4.69, 9.17) is 16.3 Å². The summed E-state index contributed by atoms with van der Waals surface area (Å²) in [5.74, 6) is -0.773. The molecule has 1 atom stereocenters. The van der Waals surface area contributed by atoms with Crippen molar-refractivity contribution < 1.29 is 14.3 Å². The maximum Gasteiger partial charge on any atom is 0.238 e. The van der Waals surface area contributed by atoms with Crippen molar-refractivity contribution in [3.8, 4) is 0 Å². The van der Waals surface area contributed by atoms with Crippen LogP contribution >= 0.6 is 27.5 Å². The molecule has 1 saturated heterocycles. The number of carbonyl (C=O) groups is 2. The van der Waals surface area contributed by atoms with Crippen LogP contribution in [0.1, 0.15) is 24.3 Å². The molecule has 0 spiro atoms. The van der Waals surface area contributed by atoms with Gasteiger partial charge in [-0.3, -0.25) is 14.5 Å². The van der Waals surface area contributed by atoms with Gasteiger partial charge in [0.2, 0.25) is 11.8 Å². The molecule has 0 saturated carbocycles. The second-order valence-corrected chi connectivity index (χ2v) is 14.2. The van der Waals surface area contributed by atoms with Crippen LogP contribution in [0.4, 0.5) is 0 Å². The van der Waals surface area contributed by atoms with Crippen LogP contribution in [0, 0.1) is 0 Å². The quantitative estimate of drug-likeness (QED) is 0.373. The Morgan fingerprint density at radius 2 is 2.04 bits per heavy atom. The Morgan fingerprint density at radius 3 is 2.67 bits per heavy atom. The van der Waals surface area contributed by atoms with Crippen molar-refractivity contribution in [1.29, 1.82) is 0 Å². The minimum Gasteiger partial charge on any atom is -0.361 e. The lowest BCUT2D eigenvalue weighted by Crippen LogP contribution is -2.45. The van der Waals surface area contributed by atoms with Crippen molar-refractivity contribution in [2.24, 2.45) is 0 Å². The Morgan fingerprint density at radius 1 is 1.33 bits per heavy atom. The highest BCUT2D eigenvalue weighted by Crippen LogP contribution is 2.34. The van der Waals surface area contributed by atoms with Gasteiger partial charge in [0.05, 0.1) is 5.92 Å². The van der Waals surface area contributed by atoms with Crippen molar-refractivity contribution in [1.82, 2.24) is 4.90 Å². The molecular weight excluding hydrogens is 410 g/mol. The molecule has 1 aromatic rings. The first-order chi connectivity index (χ1) is 11.2. The molecule has 1 heterocycles. The number of rotatable bonds is 6. The highest BCUT2D eigenvalue weighted by molar-refractivity contribution is 9.10. The number of amides is 2. The first-order valence-corrected chi connectivity index (χ1v) is 12.9. The lowest BCUT2D eigenvalue weighted by atomic mass is 9.89. The lowest BCUT2D eigenvalue weighted by molar-refractivity contribution is -0.155. The number of imide groups is 1. The Kier molecular flexibility index (Phi) is 6.64. The second kappa shape index (κ2) is 8.12. The van der Waals surface area contributed by atoms with Gasteiger partial charge < -0.3 is 4.74 Å². The second-order valence-electron chi connectivity index (χ2n) is 7.27. The van der Waals surface area contributed by atoms with Crippen molar-refractivity contribution in [2.45, 2.75) is 44.4 Å². The van der Waals surface area contributed by atoms with Gasteiger partial charge in [-0.25, -0.2) is 0 Å². The molecule has 1 unspecified atom stereocenters. The molecule has 132 valence electrons. The third-order valence-electron chi connectivity index (χ3n) is 4.07. The Balaban J connectivity index is 2.04. The fourth-order valence-electron chi connectivity index (χ4n) is 2.58. The molecule has 0 bridgehead atoms. The van der Waals surface area contributed by atoms with E-state index in [2.05, 4.69) is 35.6 Å². The zero-order valence-electron chi connectivity index (χ0n) is 14.3. The summed E-state index contributed by atoms with van der Waals surface area (Å²) in [7, 11) is -1.19. The number of likely N-dealkylation sites (tertiary alicyclic amines) is 1. The van der Waals surface area contributed by atoms with Gasteiger partial charge in [-0.15, -0.1) is 0 Å². The van der Waals surface area contributed by atoms with E-state index in [1.807, 2.05) is 12.1 Å². The van der Waals surface area contributed by atoms with Crippen molar-refractivity contribution in [3.05, 3.63) is 33.3 Å². The highest BCUT2D eigenvalue weighted by atomic mass is 79.9. The number of benzene rings is 1. The van der Waals surface area contributed by atoms with Crippen LogP contribution in [0.25, 0.3) is 0 Å². The van der Waals surface area contributed by atoms with E-state index < -0.39 is 8.07 Å². The van der Waals surface area contributed by atoms with E-state index >= 15 is 0 Å². The summed E-state index contributed by atoms with van der Waals surface area (Å²) in [6.07, 6.45) is 0.824. The van der Waals surface area contributed by atoms with Crippen LogP contribution in [-0.2, 0) is 14.3 Å². The van der Waals surface area contributed by atoms with Crippen LogP contribution in [0.2, 0.25) is 30.7 Å². The number of halogens is 2. The van der Waals surface area contributed by atoms with Crippen LogP contribution in [0.3, 0.4) is 0 Å². The van der Waals surface area contributed by atoms with Crippen LogP contribution in [-0.4, -0.2) is 38.1 Å². The molecule has 1 fully saturated rings. The van der Waals surface area contributed by atoms with E-state index in [0.29, 0.717) is 24.5 Å². The molecule has 1 aromatic carbocycles. The summed E-state index contributed by atoms with van der Waals surface area (Å²) < 4.78 is 6.47. The number of carbonyl (C=O) groups excluding carboxylic acids is 2. The Hall–Kier alpha value is -0.693. The van der Waals surface area contributed by atoms with E-state index in [1.165, 1.54) is 4.90 Å². The summed E-state index contributed by atoms with van der Waals surface area (Å²) in [6, 6.07) is 6.48. The largest absolute Gasteiger partial charge is 0.361 e. The summed E-state index contributed by atoms with van der Waals surface area (Å²) in [4.78, 5) is 26.1. The van der Waals surface area contributed by atoms with E-state index in [9.17, 15) is 9.59 Å². The lowest BCUT2D eigenvalue weighted by Gasteiger charge is -2.31. The predicted molar refractivity (Wildman–Crippen MR) is 102 cm³/mol. The average molecular weight is 433 g/mol. The third-order valence-corrected chi connectivity index (χ3v) is 6.59. The van der Waals surface area contributed by atoms with Gasteiger partial charge >= 0.3 is 0 Å². The number of hydrogen-bond donors (Lipinski definition) is 0. The maximum atomic E-state index is 12.7. The Labute approximate surface area is 157 Å². The molecule has 0 aromatic heterocycles. The molecule has 4 nitrogen and oxygen atoms in total. The minimum absolute atomic E-state index is 0.0345. The number of piperidine rings is 1. The van der Waals surface area contributed by atoms with E-state index in [1.54, 1.807) is 6.07 Å². The topological polar surface area (TPSA) is 46.6 Å². The first kappa shape index (κ1) is 19.6. The molecule has 7 heteroatoms. The van der Waals surface area contributed by atoms with E-state index in [0.717, 1.165) is 16.1 Å². The molecule has 0 aliphatic carbocycles. The third kappa shape index (κ3) is 5.15. The molecule has 2 amide bonds. The van der Waals surface area contributed by atoms with Crippen molar-refractivity contribution >= 4 is 47.4 Å². The summed E-state index contributed by atoms with van der Waals surface area (Å²) >= 11 is 9.64. The molecular formula is C17H23BrClNO3Si. The molecule has 2 rings (SSSR count). The fraction of sp³-hybridized carbons (Fsp3) is 0.529. The fourth-order valence-corrected chi connectivity index (χ4v) is 4.14. The van der Waals surface area contributed by atoms with Gasteiger partial charge in [0, 0.05) is 30.6 Å². The van der Waals surface area contributed by atoms with Crippen molar-refractivity contribution in [3.63, 3.8) is 0 Å². The normalized spacial score (nSPS) is 19.0. The standard InChI is InChI=1S/C17H23BrClNO3Si/c1-24(2,3)9-8-23-11-20-16(21)7-6-14(17(20)22)13-5-4-12(18)10-15(13)19/h4-5,10,14H,6-9,11H2,1-3H3. The molecule has 1 aliphatic rings. The zero-order valence-corrected chi connectivity index (χ0v) is 17.6. The predicted octanol–water partition coefficient (Wildman–Crippen LogP) is 4.65. The summed E-state index contributed by atoms with van der Waals surface area (Å²) in [5.41, 5.74) is 0.768. The molecule has 1 aliphatic heterocycles. The van der Waals surface area contributed by atoms with Gasteiger partial charge in [0.25, 0.3) is 0 Å². The monoisotopic (exact) mass is 431 g/mol. The molecule has 24 heavy (non-hydrogen) atoms. The van der Waals surface area contributed by atoms with Gasteiger partial charge in [0.15, 0.2) is 0 Å². The summed E-state index contributed by atoms with van der Waals surface area (Å²) in [6.45, 7) is 7.40. The first-order valence-electron chi connectivity index (χ1n) is 8.06. The Bertz CT molecular complexity index is 633. The van der Waals surface area contributed by atoms with Gasteiger partial charge in [-0.1, -0.05) is 53.2 Å². The minimum atomic E-state index is -1.19. The summed E-state index contributed by atoms with van der Waals surface area (Å²) in [5, 5.41) is 0.539. The van der Waals surface area contributed by atoms with Crippen molar-refractivity contribution in [2.75, 3.05) is 13.3 Å². The van der Waals surface area contributed by atoms with Gasteiger partial charge in [-0.05, 0) is 30.2 Å². The van der Waals surface area contributed by atoms with Gasteiger partial charge in [0.1, 0.15) is 6.73 Å². The number of hydrogen-bond acceptors (Lipinski definition) is 3. The zero-order chi connectivity index (χ0) is 17.9. The SMILES string of the molecule is C[Si](C)(C)CCOCN1C(=O)CCC(c2ccc(Br)cc2Cl)C1=O. The number of ether oxygens (including phenoxy) is 1. The maximum absolute atomic E-state index is 12.7. The van der Waals surface area contributed by atoms with Crippen LogP contribution in [0.15, 0.2) is 22.7 Å². The molecule has 0 radical (unpaired) electrons. The smallest absolute Gasteiger partial charge is 0.238 e. The van der Waals surface area contributed by atoms with Crippen LogP contribution in [0.5, 0.6) is 0 Å². The average Bonchev–Trinajstić information content (AvgIpc) is 2.46. The highest BCUT2D eigenvalue weighted by Gasteiger charge is 2.36. The van der Waals surface area contributed by atoms with E-state index in [-0.39, 0.29) is 24.5 Å². The van der Waals surface area contributed by atoms with Crippen LogP contribution < -0.4 is 0 Å².